The van der Waals surface area contributed by atoms with E-state index in [1.807, 2.05) is 6.07 Å². The van der Waals surface area contributed by atoms with Crippen LogP contribution in [0.25, 0.3) is 11.1 Å². The molecule has 0 nitrogen and oxygen atoms in total. The van der Waals surface area contributed by atoms with E-state index in [-0.39, 0.29) is 0 Å². The highest BCUT2D eigenvalue weighted by atomic mass is 35.5. The van der Waals surface area contributed by atoms with Gasteiger partial charge in [-0.2, -0.15) is 0 Å². The SMILES string of the molecule is CCCC(CC)c1ccc(Cl)cc1-c1ccccc1. The fraction of sp³-hybridized carbons (Fsp3) is 0.333. The van der Waals surface area contributed by atoms with Crippen LogP contribution in [-0.2, 0) is 0 Å². The van der Waals surface area contributed by atoms with Crippen molar-refractivity contribution in [2.45, 2.75) is 39.0 Å². The molecule has 1 heteroatoms. The number of hydrogen-bond acceptors (Lipinski definition) is 0. The lowest BCUT2D eigenvalue weighted by molar-refractivity contribution is 0.597. The molecule has 0 fully saturated rings. The second kappa shape index (κ2) is 6.77. The van der Waals surface area contributed by atoms with Crippen molar-refractivity contribution in [1.82, 2.24) is 0 Å². The maximum atomic E-state index is 6.19. The van der Waals surface area contributed by atoms with Crippen LogP contribution in [-0.4, -0.2) is 0 Å². The number of hydrogen-bond donors (Lipinski definition) is 0. The smallest absolute Gasteiger partial charge is 0.0412 e. The Hall–Kier alpha value is -1.27. The van der Waals surface area contributed by atoms with Gasteiger partial charge < -0.3 is 0 Å². The standard InChI is InChI=1S/C18H21Cl/c1-3-8-14(4-2)17-12-11-16(19)13-18(17)15-9-6-5-7-10-15/h5-7,9-14H,3-4,8H2,1-2H3. The normalized spacial score (nSPS) is 12.4. The van der Waals surface area contributed by atoms with Gasteiger partial charge in [-0.15, -0.1) is 0 Å². The summed E-state index contributed by atoms with van der Waals surface area (Å²) in [4.78, 5) is 0. The number of rotatable bonds is 5. The molecule has 0 aromatic heterocycles. The van der Waals surface area contributed by atoms with Crippen molar-refractivity contribution in [3.63, 3.8) is 0 Å². The molecule has 2 aromatic carbocycles. The van der Waals surface area contributed by atoms with E-state index in [0.29, 0.717) is 5.92 Å². The molecule has 0 aliphatic heterocycles. The maximum absolute atomic E-state index is 6.19. The predicted octanol–water partition coefficient (Wildman–Crippen LogP) is 6.30. The Morgan fingerprint density at radius 1 is 1.00 bits per heavy atom. The molecule has 100 valence electrons. The van der Waals surface area contributed by atoms with Crippen LogP contribution in [0.3, 0.4) is 0 Å². The third kappa shape index (κ3) is 3.39. The molecule has 0 spiro atoms. The van der Waals surface area contributed by atoms with Gasteiger partial charge in [0.25, 0.3) is 0 Å². The first-order valence-corrected chi connectivity index (χ1v) is 7.49. The molecule has 0 aliphatic carbocycles. The molecule has 2 aromatic rings. The minimum atomic E-state index is 0.623. The van der Waals surface area contributed by atoms with Crippen LogP contribution in [0.2, 0.25) is 5.02 Å². The summed E-state index contributed by atoms with van der Waals surface area (Å²) >= 11 is 6.19. The van der Waals surface area contributed by atoms with Crippen LogP contribution in [0.4, 0.5) is 0 Å². The zero-order valence-corrected chi connectivity index (χ0v) is 12.5. The summed E-state index contributed by atoms with van der Waals surface area (Å²) in [5.41, 5.74) is 3.97. The van der Waals surface area contributed by atoms with E-state index in [2.05, 4.69) is 56.3 Å². The maximum Gasteiger partial charge on any atom is 0.0412 e. The molecule has 1 unspecified atom stereocenters. The molecule has 0 amide bonds. The van der Waals surface area contributed by atoms with Crippen molar-refractivity contribution in [2.24, 2.45) is 0 Å². The van der Waals surface area contributed by atoms with E-state index in [1.165, 1.54) is 36.0 Å². The largest absolute Gasteiger partial charge is 0.0843 e. The van der Waals surface area contributed by atoms with E-state index < -0.39 is 0 Å². The highest BCUT2D eigenvalue weighted by Crippen LogP contribution is 2.35. The van der Waals surface area contributed by atoms with E-state index in [9.17, 15) is 0 Å². The van der Waals surface area contributed by atoms with Crippen LogP contribution in [0.5, 0.6) is 0 Å². The summed E-state index contributed by atoms with van der Waals surface area (Å²) in [7, 11) is 0. The first-order chi connectivity index (χ1) is 9.26. The number of halogens is 1. The molecule has 19 heavy (non-hydrogen) atoms. The summed E-state index contributed by atoms with van der Waals surface area (Å²) < 4.78 is 0. The highest BCUT2D eigenvalue weighted by molar-refractivity contribution is 6.30. The highest BCUT2D eigenvalue weighted by Gasteiger charge is 2.14. The third-order valence-corrected chi connectivity index (χ3v) is 3.90. The average molecular weight is 273 g/mol. The van der Waals surface area contributed by atoms with E-state index in [4.69, 9.17) is 11.6 Å². The molecule has 0 saturated heterocycles. The van der Waals surface area contributed by atoms with Gasteiger partial charge in [0.15, 0.2) is 0 Å². The van der Waals surface area contributed by atoms with E-state index in [1.54, 1.807) is 0 Å². The van der Waals surface area contributed by atoms with Crippen molar-refractivity contribution in [2.75, 3.05) is 0 Å². The minimum absolute atomic E-state index is 0.623. The Kier molecular flexibility index (Phi) is 5.04. The van der Waals surface area contributed by atoms with Crippen LogP contribution in [0, 0.1) is 0 Å². The van der Waals surface area contributed by atoms with E-state index >= 15 is 0 Å². The minimum Gasteiger partial charge on any atom is -0.0843 e. The van der Waals surface area contributed by atoms with Gasteiger partial charge in [-0.25, -0.2) is 0 Å². The molecule has 0 aliphatic rings. The lowest BCUT2D eigenvalue weighted by Gasteiger charge is -2.19. The van der Waals surface area contributed by atoms with Crippen molar-refractivity contribution in [3.05, 3.63) is 59.1 Å². The van der Waals surface area contributed by atoms with Crippen LogP contribution in [0.15, 0.2) is 48.5 Å². The Morgan fingerprint density at radius 3 is 2.37 bits per heavy atom. The van der Waals surface area contributed by atoms with Gasteiger partial charge in [0.05, 0.1) is 0 Å². The molecular formula is C18H21Cl. The van der Waals surface area contributed by atoms with Crippen molar-refractivity contribution < 1.29 is 0 Å². The summed E-state index contributed by atoms with van der Waals surface area (Å²) in [6, 6.07) is 16.9. The Labute approximate surface area is 121 Å². The first kappa shape index (κ1) is 14.1. The molecule has 1 atom stereocenters. The Bertz CT molecular complexity index is 516. The van der Waals surface area contributed by atoms with Crippen LogP contribution in [0.1, 0.15) is 44.6 Å². The monoisotopic (exact) mass is 272 g/mol. The molecule has 0 radical (unpaired) electrons. The fourth-order valence-electron chi connectivity index (χ4n) is 2.68. The summed E-state index contributed by atoms with van der Waals surface area (Å²) in [5.74, 6) is 0.623. The topological polar surface area (TPSA) is 0 Å². The Balaban J connectivity index is 2.49. The van der Waals surface area contributed by atoms with Crippen molar-refractivity contribution in [3.8, 4) is 11.1 Å². The molecule has 0 heterocycles. The van der Waals surface area contributed by atoms with Crippen molar-refractivity contribution >= 4 is 11.6 Å². The van der Waals surface area contributed by atoms with Gasteiger partial charge in [-0.05, 0) is 47.6 Å². The van der Waals surface area contributed by atoms with Crippen LogP contribution >= 0.6 is 11.6 Å². The third-order valence-electron chi connectivity index (χ3n) is 3.67. The fourth-order valence-corrected chi connectivity index (χ4v) is 2.85. The summed E-state index contributed by atoms with van der Waals surface area (Å²) in [6.45, 7) is 4.52. The van der Waals surface area contributed by atoms with Gasteiger partial charge >= 0.3 is 0 Å². The van der Waals surface area contributed by atoms with Gasteiger partial charge in [-0.1, -0.05) is 68.3 Å². The molecule has 2 rings (SSSR count). The van der Waals surface area contributed by atoms with Gasteiger partial charge in [0, 0.05) is 5.02 Å². The van der Waals surface area contributed by atoms with E-state index in [0.717, 1.165) is 5.02 Å². The quantitative estimate of drug-likeness (QED) is 0.599. The number of benzene rings is 2. The summed E-state index contributed by atoms with van der Waals surface area (Å²) in [5, 5.41) is 0.814. The second-order valence-electron chi connectivity index (χ2n) is 4.99. The lowest BCUT2D eigenvalue weighted by Crippen LogP contribution is -1.99. The molecule has 0 saturated carbocycles. The van der Waals surface area contributed by atoms with Gasteiger partial charge in [0.1, 0.15) is 0 Å². The van der Waals surface area contributed by atoms with Crippen molar-refractivity contribution in [1.29, 1.82) is 0 Å². The summed E-state index contributed by atoms with van der Waals surface area (Å²) in [6.07, 6.45) is 3.63. The molecular weight excluding hydrogens is 252 g/mol. The zero-order chi connectivity index (χ0) is 13.7. The predicted molar refractivity (Wildman–Crippen MR) is 84.8 cm³/mol. The van der Waals surface area contributed by atoms with Gasteiger partial charge in [0.2, 0.25) is 0 Å². The average Bonchev–Trinajstić information content (AvgIpc) is 2.46. The zero-order valence-electron chi connectivity index (χ0n) is 11.7. The van der Waals surface area contributed by atoms with Gasteiger partial charge in [-0.3, -0.25) is 0 Å². The first-order valence-electron chi connectivity index (χ1n) is 7.11. The van der Waals surface area contributed by atoms with Crippen LogP contribution < -0.4 is 0 Å². The second-order valence-corrected chi connectivity index (χ2v) is 5.43. The molecule has 0 bridgehead atoms. The lowest BCUT2D eigenvalue weighted by atomic mass is 9.86. The Morgan fingerprint density at radius 2 is 1.74 bits per heavy atom. The molecule has 0 N–H and O–H groups in total.